The van der Waals surface area contributed by atoms with Gasteiger partial charge in [0.05, 0.1) is 5.25 Å². The van der Waals surface area contributed by atoms with Crippen molar-refractivity contribution in [3.8, 4) is 0 Å². The molecule has 2 heterocycles. The smallest absolute Gasteiger partial charge is 0.202 e. The molecule has 1 unspecified atom stereocenters. The van der Waals surface area contributed by atoms with Crippen LogP contribution >= 0.6 is 23.2 Å². The summed E-state index contributed by atoms with van der Waals surface area (Å²) in [5, 5.41) is 5.52. The zero-order valence-corrected chi connectivity index (χ0v) is 13.5. The predicted octanol–water partition coefficient (Wildman–Crippen LogP) is 2.74. The lowest BCUT2D eigenvalue weighted by molar-refractivity contribution is -0.0130. The lowest BCUT2D eigenvalue weighted by atomic mass is 10.1. The monoisotopic (exact) mass is 339 g/mol. The van der Waals surface area contributed by atoms with Gasteiger partial charge in [-0.1, -0.05) is 30.1 Å². The number of aromatic amines is 1. The Balaban J connectivity index is 2.47. The van der Waals surface area contributed by atoms with Crippen LogP contribution in [-0.2, 0) is 14.7 Å². The number of halogens is 2. The molecule has 0 aliphatic carbocycles. The maximum absolute atomic E-state index is 12.7. The zero-order valence-electron chi connectivity index (χ0n) is 11.2. The van der Waals surface area contributed by atoms with Crippen molar-refractivity contribution in [1.29, 1.82) is 0 Å². The summed E-state index contributed by atoms with van der Waals surface area (Å²) in [7, 11) is -3.69. The molecule has 1 aromatic heterocycles. The normalized spacial score (nSPS) is 19.6. The number of H-pyrrole nitrogens is 1. The minimum atomic E-state index is -3.69. The summed E-state index contributed by atoms with van der Waals surface area (Å²) >= 11 is 11.9. The van der Waals surface area contributed by atoms with E-state index in [0.717, 1.165) is 0 Å². The number of hydroxylamine groups is 1. The molecule has 1 aliphatic rings. The Morgan fingerprint density at radius 2 is 2.10 bits per heavy atom. The van der Waals surface area contributed by atoms with Crippen LogP contribution < -0.4 is 5.48 Å². The second kappa shape index (κ2) is 5.22. The Bertz CT molecular complexity index is 632. The summed E-state index contributed by atoms with van der Waals surface area (Å²) in [4.78, 5) is 5.20. The first-order valence-corrected chi connectivity index (χ1v) is 8.29. The SMILES string of the molecule is CCC(c1c(Cl)n[nH]c1Cl)S(=O)(=O)C1=CC(C)(C)ON1. The molecule has 6 nitrogen and oxygen atoms in total. The fraction of sp³-hybridized carbons (Fsp3) is 0.545. The highest BCUT2D eigenvalue weighted by Crippen LogP contribution is 2.39. The van der Waals surface area contributed by atoms with Crippen LogP contribution in [0.4, 0.5) is 0 Å². The van der Waals surface area contributed by atoms with Crippen molar-refractivity contribution in [2.24, 2.45) is 0 Å². The molecule has 9 heteroatoms. The minimum Gasteiger partial charge on any atom is -0.265 e. The van der Waals surface area contributed by atoms with Crippen LogP contribution in [0.2, 0.25) is 10.3 Å². The molecule has 0 spiro atoms. The topological polar surface area (TPSA) is 84.1 Å². The number of nitrogens with zero attached hydrogens (tertiary/aromatic N) is 1. The Hall–Kier alpha value is -0.760. The first-order valence-electron chi connectivity index (χ1n) is 5.99. The van der Waals surface area contributed by atoms with Gasteiger partial charge in [0.1, 0.15) is 10.8 Å². The Morgan fingerprint density at radius 3 is 2.50 bits per heavy atom. The van der Waals surface area contributed by atoms with Crippen LogP contribution in [0.15, 0.2) is 11.1 Å². The third-order valence-electron chi connectivity index (χ3n) is 2.98. The van der Waals surface area contributed by atoms with Gasteiger partial charge in [-0.2, -0.15) is 5.10 Å². The number of rotatable bonds is 4. The molecular weight excluding hydrogens is 325 g/mol. The summed E-state index contributed by atoms with van der Waals surface area (Å²) in [6.07, 6.45) is 1.83. The highest BCUT2D eigenvalue weighted by atomic mass is 35.5. The molecule has 0 amide bonds. The van der Waals surface area contributed by atoms with Gasteiger partial charge in [0.2, 0.25) is 9.84 Å². The van der Waals surface area contributed by atoms with Crippen LogP contribution in [0.25, 0.3) is 0 Å². The van der Waals surface area contributed by atoms with Gasteiger partial charge in [-0.3, -0.25) is 15.4 Å². The van der Waals surface area contributed by atoms with Crippen molar-refractivity contribution in [2.75, 3.05) is 0 Å². The van der Waals surface area contributed by atoms with Gasteiger partial charge in [0.25, 0.3) is 0 Å². The average molecular weight is 340 g/mol. The molecule has 1 atom stereocenters. The largest absolute Gasteiger partial charge is 0.265 e. The number of nitrogens with one attached hydrogen (secondary N) is 2. The first-order chi connectivity index (χ1) is 9.19. The van der Waals surface area contributed by atoms with Crippen molar-refractivity contribution in [3.05, 3.63) is 27.0 Å². The molecule has 0 radical (unpaired) electrons. The van der Waals surface area contributed by atoms with E-state index in [4.69, 9.17) is 28.0 Å². The van der Waals surface area contributed by atoms with E-state index >= 15 is 0 Å². The molecule has 1 aromatic rings. The van der Waals surface area contributed by atoms with E-state index < -0.39 is 20.7 Å². The number of hydrogen-bond acceptors (Lipinski definition) is 5. The highest BCUT2D eigenvalue weighted by molar-refractivity contribution is 7.95. The van der Waals surface area contributed by atoms with E-state index in [-0.39, 0.29) is 20.9 Å². The molecule has 0 aromatic carbocycles. The number of hydrogen-bond donors (Lipinski definition) is 2. The minimum absolute atomic E-state index is 0.0164. The summed E-state index contributed by atoms with van der Waals surface area (Å²) in [5.74, 6) is 0. The van der Waals surface area contributed by atoms with Crippen molar-refractivity contribution >= 4 is 33.0 Å². The van der Waals surface area contributed by atoms with E-state index in [1.54, 1.807) is 20.8 Å². The van der Waals surface area contributed by atoms with E-state index in [9.17, 15) is 8.42 Å². The fourth-order valence-electron chi connectivity index (χ4n) is 2.01. The third kappa shape index (κ3) is 2.67. The third-order valence-corrected chi connectivity index (χ3v) is 5.69. The summed E-state index contributed by atoms with van der Waals surface area (Å²) in [6, 6.07) is 0. The second-order valence-electron chi connectivity index (χ2n) is 5.00. The van der Waals surface area contributed by atoms with Crippen LogP contribution in [0, 0.1) is 0 Å². The van der Waals surface area contributed by atoms with Gasteiger partial charge in [0, 0.05) is 5.56 Å². The van der Waals surface area contributed by atoms with Crippen LogP contribution in [0.5, 0.6) is 0 Å². The molecule has 0 fully saturated rings. The lowest BCUT2D eigenvalue weighted by Gasteiger charge is -2.16. The second-order valence-corrected chi connectivity index (χ2v) is 7.83. The summed E-state index contributed by atoms with van der Waals surface area (Å²) < 4.78 is 25.4. The predicted molar refractivity (Wildman–Crippen MR) is 76.9 cm³/mol. The Labute approximate surface area is 127 Å². The molecule has 0 saturated heterocycles. The molecule has 0 bridgehead atoms. The zero-order chi connectivity index (χ0) is 15.1. The quantitative estimate of drug-likeness (QED) is 0.880. The Morgan fingerprint density at radius 1 is 1.45 bits per heavy atom. The van der Waals surface area contributed by atoms with E-state index in [0.29, 0.717) is 6.42 Å². The van der Waals surface area contributed by atoms with Gasteiger partial charge in [-0.15, -0.1) is 0 Å². The average Bonchev–Trinajstić information content (AvgIpc) is 2.86. The standard InChI is InChI=1S/C11H15Cl2N3O3S/c1-4-6(8-9(12)14-15-10(8)13)20(17,18)7-5-11(2,3)19-16-7/h5-6,16H,4H2,1-3H3,(H,14,15). The van der Waals surface area contributed by atoms with Gasteiger partial charge in [-0.05, 0) is 26.3 Å². The van der Waals surface area contributed by atoms with Crippen LogP contribution in [-0.4, -0.2) is 24.2 Å². The summed E-state index contributed by atoms with van der Waals surface area (Å²) in [6.45, 7) is 5.24. The maximum Gasteiger partial charge on any atom is 0.202 e. The van der Waals surface area contributed by atoms with E-state index in [1.165, 1.54) is 6.08 Å². The van der Waals surface area contributed by atoms with Gasteiger partial charge < -0.3 is 0 Å². The molecule has 20 heavy (non-hydrogen) atoms. The maximum atomic E-state index is 12.7. The lowest BCUT2D eigenvalue weighted by Crippen LogP contribution is -2.24. The molecule has 0 saturated carbocycles. The van der Waals surface area contributed by atoms with Crippen LogP contribution in [0.1, 0.15) is 38.0 Å². The Kier molecular flexibility index (Phi) is 4.07. The highest BCUT2D eigenvalue weighted by Gasteiger charge is 2.38. The van der Waals surface area contributed by atoms with Crippen molar-refractivity contribution < 1.29 is 13.3 Å². The van der Waals surface area contributed by atoms with Crippen LogP contribution in [0.3, 0.4) is 0 Å². The van der Waals surface area contributed by atoms with Crippen molar-refractivity contribution in [2.45, 2.75) is 38.0 Å². The van der Waals surface area contributed by atoms with Gasteiger partial charge in [0.15, 0.2) is 10.2 Å². The molecular formula is C11H15Cl2N3O3S. The number of aromatic nitrogens is 2. The molecule has 2 rings (SSSR count). The van der Waals surface area contributed by atoms with Gasteiger partial charge in [-0.25, -0.2) is 8.42 Å². The van der Waals surface area contributed by atoms with Gasteiger partial charge >= 0.3 is 0 Å². The van der Waals surface area contributed by atoms with Crippen molar-refractivity contribution in [1.82, 2.24) is 15.7 Å². The number of sulfone groups is 1. The van der Waals surface area contributed by atoms with E-state index in [1.807, 2.05) is 0 Å². The summed E-state index contributed by atoms with van der Waals surface area (Å²) in [5.41, 5.74) is 2.05. The molecule has 2 N–H and O–H groups in total. The fourth-order valence-corrected chi connectivity index (χ4v) is 4.61. The molecule has 112 valence electrons. The van der Waals surface area contributed by atoms with E-state index in [2.05, 4.69) is 15.7 Å². The van der Waals surface area contributed by atoms with Crippen molar-refractivity contribution in [3.63, 3.8) is 0 Å². The first kappa shape index (κ1) is 15.6. The molecule has 1 aliphatic heterocycles.